The van der Waals surface area contributed by atoms with Crippen LogP contribution in [0.25, 0.3) is 16.5 Å². The van der Waals surface area contributed by atoms with Crippen molar-refractivity contribution in [2.24, 2.45) is 0 Å². The first-order valence-electron chi connectivity index (χ1n) is 12.7. The molecule has 0 aromatic heterocycles. The molecule has 200 valence electrons. The van der Waals surface area contributed by atoms with Gasteiger partial charge in [0.1, 0.15) is 11.5 Å². The first-order chi connectivity index (χ1) is 18.4. The minimum Gasteiger partial charge on any atom is -0.507 e. The number of amides is 1. The number of fused-ring (bicyclic) bond motifs is 1. The first kappa shape index (κ1) is 27.0. The summed E-state index contributed by atoms with van der Waals surface area (Å²) in [5.74, 6) is -0.0178. The Hall–Kier alpha value is -4.04. The third kappa shape index (κ3) is 4.91. The number of carbonyl (C=O) groups excluding carboxylic acids is 2. The molecule has 0 aliphatic carbocycles. The summed E-state index contributed by atoms with van der Waals surface area (Å²) in [6, 6.07) is 15.5. The first-order valence-corrected chi connectivity index (χ1v) is 12.7. The largest absolute Gasteiger partial charge is 0.507 e. The summed E-state index contributed by atoms with van der Waals surface area (Å²) in [5, 5.41) is 13.3. The van der Waals surface area contributed by atoms with Crippen LogP contribution in [0.3, 0.4) is 0 Å². The molecule has 3 aromatic carbocycles. The smallest absolute Gasteiger partial charge is 0.295 e. The van der Waals surface area contributed by atoms with E-state index in [0.717, 1.165) is 29.6 Å². The van der Waals surface area contributed by atoms with E-state index in [4.69, 9.17) is 14.2 Å². The highest BCUT2D eigenvalue weighted by molar-refractivity contribution is 6.46. The summed E-state index contributed by atoms with van der Waals surface area (Å²) < 4.78 is 16.5. The van der Waals surface area contributed by atoms with Crippen LogP contribution in [0.4, 0.5) is 0 Å². The number of aliphatic hydroxyl groups is 1. The molecule has 0 bridgehead atoms. The van der Waals surface area contributed by atoms with E-state index in [1.807, 2.05) is 24.3 Å². The number of hydrogen-bond acceptors (Lipinski definition) is 7. The Bertz CT molecular complexity index is 1380. The number of hydrogen-bond donors (Lipinski definition) is 1. The minimum absolute atomic E-state index is 0.0222. The third-order valence-corrected chi connectivity index (χ3v) is 7.14. The highest BCUT2D eigenvalue weighted by Gasteiger charge is 2.47. The number of likely N-dealkylation sites (N-methyl/N-ethyl adjacent to an activating group) is 1. The summed E-state index contributed by atoms with van der Waals surface area (Å²) in [5.41, 5.74) is 1.03. The summed E-state index contributed by atoms with van der Waals surface area (Å²) in [4.78, 5) is 30.6. The predicted octanol–water partition coefficient (Wildman–Crippen LogP) is 4.63. The van der Waals surface area contributed by atoms with Crippen LogP contribution in [0, 0.1) is 0 Å². The van der Waals surface area contributed by atoms with Crippen molar-refractivity contribution < 1.29 is 28.9 Å². The van der Waals surface area contributed by atoms with E-state index < -0.39 is 17.7 Å². The van der Waals surface area contributed by atoms with Crippen LogP contribution in [0.1, 0.15) is 31.0 Å². The average molecular weight is 519 g/mol. The van der Waals surface area contributed by atoms with Crippen LogP contribution >= 0.6 is 0 Å². The minimum atomic E-state index is -0.845. The van der Waals surface area contributed by atoms with Gasteiger partial charge in [0.15, 0.2) is 11.5 Å². The van der Waals surface area contributed by atoms with E-state index in [2.05, 4.69) is 18.7 Å². The molecular formula is C30H34N2O6. The molecular weight excluding hydrogens is 484 g/mol. The Morgan fingerprint density at radius 2 is 1.63 bits per heavy atom. The van der Waals surface area contributed by atoms with Crippen LogP contribution in [-0.2, 0) is 9.59 Å². The number of ketones is 1. The van der Waals surface area contributed by atoms with Crippen molar-refractivity contribution in [1.29, 1.82) is 0 Å². The maximum atomic E-state index is 13.5. The third-order valence-electron chi connectivity index (χ3n) is 7.14. The van der Waals surface area contributed by atoms with E-state index in [9.17, 15) is 14.7 Å². The van der Waals surface area contributed by atoms with Crippen LogP contribution in [0.15, 0.2) is 60.2 Å². The van der Waals surface area contributed by atoms with Crippen molar-refractivity contribution in [2.75, 3.05) is 47.5 Å². The van der Waals surface area contributed by atoms with Crippen molar-refractivity contribution in [3.05, 3.63) is 71.3 Å². The lowest BCUT2D eigenvalue weighted by Gasteiger charge is -2.29. The SMILES string of the molecule is CCN(CC)CCN1C(=O)C(=O)/C(=C(/O)c2ccc3cc(OC)ccc3c2)C1c1cccc(OC)c1OC. The lowest BCUT2D eigenvalue weighted by Crippen LogP contribution is -2.38. The fourth-order valence-electron chi connectivity index (χ4n) is 5.00. The number of para-hydroxylation sites is 1. The van der Waals surface area contributed by atoms with Gasteiger partial charge in [-0.05, 0) is 48.1 Å². The molecule has 1 fully saturated rings. The van der Waals surface area contributed by atoms with E-state index in [-0.39, 0.29) is 11.3 Å². The van der Waals surface area contributed by atoms with E-state index in [1.54, 1.807) is 37.4 Å². The normalized spacial score (nSPS) is 16.9. The zero-order valence-corrected chi connectivity index (χ0v) is 22.5. The Kier molecular flexibility index (Phi) is 8.22. The lowest BCUT2D eigenvalue weighted by molar-refractivity contribution is -0.140. The Morgan fingerprint density at radius 1 is 0.921 bits per heavy atom. The molecule has 1 amide bonds. The average Bonchev–Trinajstić information content (AvgIpc) is 3.20. The van der Waals surface area contributed by atoms with E-state index in [0.29, 0.717) is 35.7 Å². The maximum Gasteiger partial charge on any atom is 0.295 e. The van der Waals surface area contributed by atoms with E-state index >= 15 is 0 Å². The molecule has 1 aliphatic heterocycles. The molecule has 4 rings (SSSR count). The molecule has 1 heterocycles. The number of ether oxygens (including phenoxy) is 3. The number of nitrogens with zero attached hydrogens (tertiary/aromatic N) is 2. The van der Waals surface area contributed by atoms with Crippen molar-refractivity contribution in [3.63, 3.8) is 0 Å². The van der Waals surface area contributed by atoms with Gasteiger partial charge in [-0.2, -0.15) is 0 Å². The number of aliphatic hydroxyl groups excluding tert-OH is 1. The second-order valence-electron chi connectivity index (χ2n) is 9.03. The number of rotatable bonds is 10. The van der Waals surface area contributed by atoms with Crippen molar-refractivity contribution in [2.45, 2.75) is 19.9 Å². The van der Waals surface area contributed by atoms with Gasteiger partial charge in [0.25, 0.3) is 11.7 Å². The lowest BCUT2D eigenvalue weighted by atomic mass is 9.93. The number of Topliss-reactive ketones (excluding diaryl/α,β-unsaturated/α-hetero) is 1. The zero-order chi connectivity index (χ0) is 27.4. The number of benzene rings is 3. The molecule has 1 saturated heterocycles. The standard InChI is InChI=1S/C30H34N2O6/c1-6-31(7-2)15-16-32-26(23-9-8-10-24(37-4)29(23)38-5)25(28(34)30(32)35)27(33)21-12-11-20-18-22(36-3)14-13-19(20)17-21/h8-14,17-18,26,33H,6-7,15-16H2,1-5H3/b27-25+. The number of methoxy groups -OCH3 is 3. The summed E-state index contributed by atoms with van der Waals surface area (Å²) in [7, 11) is 4.65. The monoisotopic (exact) mass is 518 g/mol. The van der Waals surface area contributed by atoms with Crippen molar-refractivity contribution in [1.82, 2.24) is 9.80 Å². The number of carbonyl (C=O) groups is 2. The molecule has 3 aromatic rings. The number of likely N-dealkylation sites (tertiary alicyclic amines) is 1. The fourth-order valence-corrected chi connectivity index (χ4v) is 5.00. The van der Waals surface area contributed by atoms with Crippen molar-refractivity contribution >= 4 is 28.2 Å². The van der Waals surface area contributed by atoms with Crippen LogP contribution in [-0.4, -0.2) is 74.1 Å². The van der Waals surface area contributed by atoms with Gasteiger partial charge in [0.05, 0.1) is 32.9 Å². The highest BCUT2D eigenvalue weighted by atomic mass is 16.5. The van der Waals surface area contributed by atoms with Gasteiger partial charge in [-0.15, -0.1) is 0 Å². The fraction of sp³-hybridized carbons (Fsp3) is 0.333. The quantitative estimate of drug-likeness (QED) is 0.238. The molecule has 0 radical (unpaired) electrons. The maximum absolute atomic E-state index is 13.5. The molecule has 1 unspecified atom stereocenters. The molecule has 8 nitrogen and oxygen atoms in total. The molecule has 8 heteroatoms. The molecule has 0 saturated carbocycles. The van der Waals surface area contributed by atoms with Gasteiger partial charge >= 0.3 is 0 Å². The van der Waals surface area contributed by atoms with Gasteiger partial charge in [-0.25, -0.2) is 0 Å². The summed E-state index contributed by atoms with van der Waals surface area (Å²) in [6.45, 7) is 6.63. The molecule has 1 N–H and O–H groups in total. The van der Waals surface area contributed by atoms with Crippen LogP contribution in [0.5, 0.6) is 17.2 Å². The Balaban J connectivity index is 1.89. The summed E-state index contributed by atoms with van der Waals surface area (Å²) >= 11 is 0. The van der Waals surface area contributed by atoms with Crippen LogP contribution < -0.4 is 14.2 Å². The molecule has 0 spiro atoms. The molecule has 1 atom stereocenters. The topological polar surface area (TPSA) is 88.5 Å². The summed E-state index contributed by atoms with van der Waals surface area (Å²) in [6.07, 6.45) is 0. The van der Waals surface area contributed by atoms with Gasteiger partial charge in [-0.3, -0.25) is 9.59 Å². The second-order valence-corrected chi connectivity index (χ2v) is 9.03. The predicted molar refractivity (Wildman–Crippen MR) is 147 cm³/mol. The Morgan fingerprint density at radius 3 is 2.29 bits per heavy atom. The highest BCUT2D eigenvalue weighted by Crippen LogP contribution is 2.45. The molecule has 38 heavy (non-hydrogen) atoms. The van der Waals surface area contributed by atoms with Gasteiger partial charge in [-0.1, -0.05) is 44.2 Å². The van der Waals surface area contributed by atoms with Gasteiger partial charge < -0.3 is 29.1 Å². The Labute approximate surface area is 223 Å². The van der Waals surface area contributed by atoms with E-state index in [1.165, 1.54) is 19.1 Å². The van der Waals surface area contributed by atoms with Gasteiger partial charge in [0, 0.05) is 24.2 Å². The van der Waals surface area contributed by atoms with Crippen LogP contribution in [0.2, 0.25) is 0 Å². The second kappa shape index (κ2) is 11.6. The zero-order valence-electron chi connectivity index (χ0n) is 22.5. The van der Waals surface area contributed by atoms with Crippen molar-refractivity contribution in [3.8, 4) is 17.2 Å². The molecule has 1 aliphatic rings. The van der Waals surface area contributed by atoms with Gasteiger partial charge in [0.2, 0.25) is 0 Å².